The van der Waals surface area contributed by atoms with Gasteiger partial charge in [0, 0.05) is 24.7 Å². The number of ether oxygens (including phenoxy) is 2. The monoisotopic (exact) mass is 379 g/mol. The second-order valence-electron chi connectivity index (χ2n) is 8.62. The van der Waals surface area contributed by atoms with Crippen LogP contribution in [-0.4, -0.2) is 59.2 Å². The molecule has 2 bridgehead atoms. The quantitative estimate of drug-likeness (QED) is 0.872. The number of nitrogens with one attached hydrogen (secondary N) is 1. The maximum Gasteiger partial charge on any atom is 0.270 e. The summed E-state index contributed by atoms with van der Waals surface area (Å²) in [5.41, 5.74) is 3.06. The highest BCUT2D eigenvalue weighted by atomic mass is 16.7. The molecule has 0 spiro atoms. The molecule has 3 atom stereocenters. The lowest BCUT2D eigenvalue weighted by Crippen LogP contribution is -2.60. The summed E-state index contributed by atoms with van der Waals surface area (Å²) in [5.74, 6) is 2.70. The van der Waals surface area contributed by atoms with Crippen molar-refractivity contribution in [3.8, 4) is 11.5 Å². The first kappa shape index (κ1) is 16.5. The van der Waals surface area contributed by atoms with Crippen molar-refractivity contribution >= 4 is 5.91 Å². The number of rotatable bonds is 2. The summed E-state index contributed by atoms with van der Waals surface area (Å²) >= 11 is 0. The molecule has 0 unspecified atom stereocenters. The van der Waals surface area contributed by atoms with Crippen molar-refractivity contribution in [1.29, 1.82) is 0 Å². The molecule has 1 aromatic heterocycles. The normalized spacial score (nSPS) is 32.6. The maximum atomic E-state index is 13.4. The minimum atomic E-state index is 0.139. The topological polar surface area (TPSA) is 57.8 Å². The van der Waals surface area contributed by atoms with Crippen LogP contribution >= 0.6 is 0 Å². The lowest BCUT2D eigenvalue weighted by Gasteiger charge is -2.51. The van der Waals surface area contributed by atoms with Gasteiger partial charge in [0.2, 0.25) is 6.79 Å². The van der Waals surface area contributed by atoms with Gasteiger partial charge in [-0.05, 0) is 68.1 Å². The Labute approximate surface area is 164 Å². The van der Waals surface area contributed by atoms with Gasteiger partial charge in [0.05, 0.1) is 6.04 Å². The molecule has 6 heteroatoms. The second kappa shape index (κ2) is 6.01. The molecule has 5 aliphatic rings. The molecule has 5 aliphatic heterocycles. The van der Waals surface area contributed by atoms with Crippen molar-refractivity contribution in [2.24, 2.45) is 5.92 Å². The van der Waals surface area contributed by atoms with Crippen LogP contribution in [0.1, 0.15) is 40.4 Å². The van der Waals surface area contributed by atoms with Crippen molar-refractivity contribution in [3.05, 3.63) is 47.3 Å². The summed E-state index contributed by atoms with van der Waals surface area (Å²) in [6, 6.07) is 8.96. The molecule has 0 saturated carbocycles. The van der Waals surface area contributed by atoms with Crippen molar-refractivity contribution in [2.45, 2.75) is 37.8 Å². The Hall–Kier alpha value is -2.47. The fourth-order valence-corrected chi connectivity index (χ4v) is 5.87. The number of aromatic amines is 1. The molecule has 1 N–H and O–H groups in total. The van der Waals surface area contributed by atoms with E-state index < -0.39 is 0 Å². The minimum absolute atomic E-state index is 0.139. The summed E-state index contributed by atoms with van der Waals surface area (Å²) in [6.45, 7) is 5.37. The second-order valence-corrected chi connectivity index (χ2v) is 8.62. The number of benzene rings is 1. The molecule has 2 aromatic rings. The van der Waals surface area contributed by atoms with Gasteiger partial charge in [-0.15, -0.1) is 0 Å². The van der Waals surface area contributed by atoms with Crippen molar-refractivity contribution in [2.75, 3.05) is 26.4 Å². The van der Waals surface area contributed by atoms with Crippen LogP contribution in [0.3, 0.4) is 0 Å². The Morgan fingerprint density at radius 1 is 1.11 bits per heavy atom. The number of H-pyrrole nitrogens is 1. The van der Waals surface area contributed by atoms with Crippen LogP contribution in [0, 0.1) is 12.8 Å². The first-order valence-electron chi connectivity index (χ1n) is 10.3. The number of piperidine rings is 3. The number of aryl methyl sites for hydroxylation is 1. The highest BCUT2D eigenvalue weighted by molar-refractivity contribution is 5.93. The molecule has 4 saturated heterocycles. The van der Waals surface area contributed by atoms with Gasteiger partial charge in [0.15, 0.2) is 11.5 Å². The van der Waals surface area contributed by atoms with Gasteiger partial charge in [0.1, 0.15) is 5.69 Å². The maximum absolute atomic E-state index is 13.4. The summed E-state index contributed by atoms with van der Waals surface area (Å²) < 4.78 is 11.1. The summed E-state index contributed by atoms with van der Waals surface area (Å²) in [5, 5.41) is 0. The number of nitrogens with zero attached hydrogens (tertiary/aromatic N) is 2. The van der Waals surface area contributed by atoms with E-state index in [2.05, 4.69) is 26.9 Å². The Kier molecular flexibility index (Phi) is 3.54. The number of fused-ring (bicyclic) bond motifs is 3. The number of aromatic nitrogens is 1. The third-order valence-corrected chi connectivity index (χ3v) is 7.14. The smallest absolute Gasteiger partial charge is 0.270 e. The van der Waals surface area contributed by atoms with Gasteiger partial charge in [-0.25, -0.2) is 0 Å². The summed E-state index contributed by atoms with van der Waals surface area (Å²) in [7, 11) is 0. The first-order valence-corrected chi connectivity index (χ1v) is 10.3. The van der Waals surface area contributed by atoms with Crippen LogP contribution in [0.2, 0.25) is 0 Å². The Morgan fingerprint density at radius 2 is 1.93 bits per heavy atom. The highest BCUT2D eigenvalue weighted by Gasteiger charge is 2.54. The van der Waals surface area contributed by atoms with Gasteiger partial charge < -0.3 is 19.4 Å². The largest absolute Gasteiger partial charge is 0.454 e. The molecule has 0 aliphatic carbocycles. The standard InChI is InChI=1S/C22H25N3O3/c1-13-8-17(23-10-13)22(26)25-11-16(15-2-3-18-19(9-15)28-12-27-18)21-20(25)14-4-6-24(21)7-5-14/h2-3,8-10,14,16,20-21,23H,4-7,11-12H2,1H3/t16-,20+,21+/m1/s1. The third-order valence-electron chi connectivity index (χ3n) is 7.14. The zero-order valence-corrected chi connectivity index (χ0v) is 16.1. The molecule has 6 nitrogen and oxygen atoms in total. The molecular weight excluding hydrogens is 354 g/mol. The predicted molar refractivity (Wildman–Crippen MR) is 104 cm³/mol. The van der Waals surface area contributed by atoms with Gasteiger partial charge in [-0.2, -0.15) is 0 Å². The Morgan fingerprint density at radius 3 is 2.71 bits per heavy atom. The van der Waals surface area contributed by atoms with E-state index in [4.69, 9.17) is 9.47 Å². The SMILES string of the molecule is Cc1c[nH]c(C(=O)N2C[C@H](c3ccc4c(c3)OCO4)[C@H]3[C@@H]2C2CCN3CC2)c1. The third kappa shape index (κ3) is 2.33. The molecule has 146 valence electrons. The van der Waals surface area contributed by atoms with E-state index in [1.807, 2.05) is 25.3 Å². The van der Waals surface area contributed by atoms with E-state index in [0.717, 1.165) is 36.7 Å². The minimum Gasteiger partial charge on any atom is -0.454 e. The molecular formula is C22H25N3O3. The van der Waals surface area contributed by atoms with Crippen LogP contribution in [-0.2, 0) is 0 Å². The predicted octanol–water partition coefficient (Wildman–Crippen LogP) is 2.75. The average molecular weight is 379 g/mol. The molecule has 1 aromatic carbocycles. The van der Waals surface area contributed by atoms with Crippen LogP contribution in [0.15, 0.2) is 30.5 Å². The fraction of sp³-hybridized carbons (Fsp3) is 0.500. The van der Waals surface area contributed by atoms with Gasteiger partial charge in [0.25, 0.3) is 5.91 Å². The van der Waals surface area contributed by atoms with E-state index in [1.54, 1.807) is 0 Å². The number of carbonyl (C=O) groups is 1. The highest BCUT2D eigenvalue weighted by Crippen LogP contribution is 2.48. The Balaban J connectivity index is 1.38. The number of amides is 1. The first-order chi connectivity index (χ1) is 13.7. The number of likely N-dealkylation sites (tertiary alicyclic amines) is 1. The van der Waals surface area contributed by atoms with Gasteiger partial charge >= 0.3 is 0 Å². The van der Waals surface area contributed by atoms with E-state index in [-0.39, 0.29) is 5.91 Å². The molecule has 4 fully saturated rings. The van der Waals surface area contributed by atoms with E-state index in [0.29, 0.717) is 36.4 Å². The summed E-state index contributed by atoms with van der Waals surface area (Å²) in [4.78, 5) is 21.3. The van der Waals surface area contributed by atoms with E-state index in [9.17, 15) is 4.79 Å². The van der Waals surface area contributed by atoms with Crippen molar-refractivity contribution in [3.63, 3.8) is 0 Å². The molecule has 7 rings (SSSR count). The molecule has 28 heavy (non-hydrogen) atoms. The van der Waals surface area contributed by atoms with Crippen LogP contribution in [0.25, 0.3) is 0 Å². The number of carbonyl (C=O) groups excluding carboxylic acids is 1. The van der Waals surface area contributed by atoms with E-state index >= 15 is 0 Å². The van der Waals surface area contributed by atoms with Gasteiger partial charge in [-0.3, -0.25) is 9.69 Å². The number of hydrogen-bond donors (Lipinski definition) is 1. The number of hydrogen-bond acceptors (Lipinski definition) is 4. The fourth-order valence-electron chi connectivity index (χ4n) is 5.87. The van der Waals surface area contributed by atoms with Gasteiger partial charge in [-0.1, -0.05) is 6.07 Å². The molecule has 6 heterocycles. The summed E-state index contributed by atoms with van der Waals surface area (Å²) in [6.07, 6.45) is 4.30. The lowest BCUT2D eigenvalue weighted by atomic mass is 9.75. The zero-order chi connectivity index (χ0) is 18.8. The lowest BCUT2D eigenvalue weighted by molar-refractivity contribution is -0.00357. The van der Waals surface area contributed by atoms with Crippen LogP contribution in [0.5, 0.6) is 11.5 Å². The van der Waals surface area contributed by atoms with Crippen molar-refractivity contribution in [1.82, 2.24) is 14.8 Å². The van der Waals surface area contributed by atoms with Crippen LogP contribution < -0.4 is 9.47 Å². The Bertz CT molecular complexity index is 931. The molecule has 0 radical (unpaired) electrons. The zero-order valence-electron chi connectivity index (χ0n) is 16.1. The van der Waals surface area contributed by atoms with Crippen molar-refractivity contribution < 1.29 is 14.3 Å². The van der Waals surface area contributed by atoms with Crippen LogP contribution in [0.4, 0.5) is 0 Å². The van der Waals surface area contributed by atoms with E-state index in [1.165, 1.54) is 18.4 Å². The average Bonchev–Trinajstić information content (AvgIpc) is 3.46. The molecule has 1 amide bonds.